The maximum absolute atomic E-state index is 15.6. The number of benzene rings is 1. The lowest BCUT2D eigenvalue weighted by molar-refractivity contribution is -0.141. The average molecular weight is 697 g/mol. The number of carbonyl (C=O) groups excluding carboxylic acids is 3. The van der Waals surface area contributed by atoms with Crippen molar-refractivity contribution in [1.82, 2.24) is 30.1 Å². The van der Waals surface area contributed by atoms with Crippen molar-refractivity contribution in [2.24, 2.45) is 13.0 Å². The minimum absolute atomic E-state index is 0.00387. The monoisotopic (exact) mass is 696 g/mol. The summed E-state index contributed by atoms with van der Waals surface area (Å²) in [5, 5.41) is 21.7. The van der Waals surface area contributed by atoms with Crippen LogP contribution in [-0.2, 0) is 21.4 Å². The van der Waals surface area contributed by atoms with Gasteiger partial charge in [0, 0.05) is 58.2 Å². The summed E-state index contributed by atoms with van der Waals surface area (Å²) >= 11 is 0. The lowest BCUT2D eigenvalue weighted by Crippen LogP contribution is -2.48. The maximum Gasteiger partial charge on any atom is 0.410 e. The van der Waals surface area contributed by atoms with Crippen molar-refractivity contribution in [3.8, 4) is 17.1 Å². The molecule has 5 rings (SSSR count). The molecule has 1 aromatic carbocycles. The number of amides is 3. The number of hydrogen-bond acceptors (Lipinski definition) is 9. The van der Waals surface area contributed by atoms with E-state index in [1.807, 2.05) is 58.2 Å². The molecule has 0 radical (unpaired) electrons. The van der Waals surface area contributed by atoms with Gasteiger partial charge < -0.3 is 34.2 Å². The highest BCUT2D eigenvalue weighted by molar-refractivity contribution is 5.91. The van der Waals surface area contributed by atoms with Gasteiger partial charge in [0.05, 0.1) is 17.8 Å². The highest BCUT2D eigenvalue weighted by atomic mass is 19.1. The van der Waals surface area contributed by atoms with Gasteiger partial charge in [-0.05, 0) is 56.0 Å². The molecule has 2 aliphatic heterocycles. The van der Waals surface area contributed by atoms with Gasteiger partial charge in [0.25, 0.3) is 5.88 Å². The van der Waals surface area contributed by atoms with E-state index in [0.29, 0.717) is 0 Å². The van der Waals surface area contributed by atoms with Gasteiger partial charge in [0.15, 0.2) is 5.76 Å². The van der Waals surface area contributed by atoms with Crippen molar-refractivity contribution in [3.63, 3.8) is 0 Å². The molecule has 50 heavy (non-hydrogen) atoms. The molecule has 14 heteroatoms. The Balaban J connectivity index is 1.19. The molecule has 0 bridgehead atoms. The molecule has 0 unspecified atom stereocenters. The van der Waals surface area contributed by atoms with E-state index in [4.69, 9.17) is 14.0 Å². The van der Waals surface area contributed by atoms with Gasteiger partial charge in [-0.15, -0.1) is 0 Å². The Morgan fingerprint density at radius 2 is 1.80 bits per heavy atom. The summed E-state index contributed by atoms with van der Waals surface area (Å²) in [5.74, 6) is -1.59. The molecule has 2 fully saturated rings. The second-order valence-corrected chi connectivity index (χ2v) is 14.8. The molecule has 0 saturated carbocycles. The summed E-state index contributed by atoms with van der Waals surface area (Å²) in [4.78, 5) is 42.8. The van der Waals surface area contributed by atoms with Crippen LogP contribution in [0, 0.1) is 5.92 Å². The minimum Gasteiger partial charge on any atom is -0.472 e. The van der Waals surface area contributed by atoms with Crippen molar-refractivity contribution >= 4 is 17.9 Å². The first-order chi connectivity index (χ1) is 23.5. The Kier molecular flexibility index (Phi) is 10.9. The zero-order valence-corrected chi connectivity index (χ0v) is 29.9. The van der Waals surface area contributed by atoms with E-state index in [9.17, 15) is 19.5 Å². The fourth-order valence-corrected chi connectivity index (χ4v) is 6.46. The molecular formula is C36H49FN6O7. The van der Waals surface area contributed by atoms with Crippen LogP contribution in [-0.4, -0.2) is 97.4 Å². The van der Waals surface area contributed by atoms with Crippen LogP contribution < -0.4 is 10.1 Å². The molecule has 2 aromatic heterocycles. The number of aliphatic hydroxyl groups is 1. The average Bonchev–Trinajstić information content (AvgIpc) is 3.79. The van der Waals surface area contributed by atoms with Crippen LogP contribution in [0.2, 0.25) is 0 Å². The third kappa shape index (κ3) is 8.63. The lowest BCUT2D eigenvalue weighted by atomic mass is 9.91. The molecule has 2 saturated heterocycles. The van der Waals surface area contributed by atoms with Crippen LogP contribution in [0.3, 0.4) is 0 Å². The maximum atomic E-state index is 15.6. The number of likely N-dealkylation sites (tertiary alicyclic amines) is 2. The first kappa shape index (κ1) is 36.8. The first-order valence-electron chi connectivity index (χ1n) is 17.2. The topological polar surface area (TPSA) is 152 Å². The van der Waals surface area contributed by atoms with Crippen LogP contribution in [0.15, 0.2) is 47.1 Å². The fraction of sp³-hybridized carbons (Fsp3) is 0.583. The van der Waals surface area contributed by atoms with Crippen molar-refractivity contribution in [2.75, 3.05) is 26.2 Å². The van der Waals surface area contributed by atoms with E-state index in [2.05, 4.69) is 15.6 Å². The van der Waals surface area contributed by atoms with Crippen LogP contribution in [0.4, 0.5) is 9.18 Å². The molecule has 2 aliphatic rings. The van der Waals surface area contributed by atoms with Crippen LogP contribution in [0.25, 0.3) is 11.3 Å². The largest absolute Gasteiger partial charge is 0.472 e. The van der Waals surface area contributed by atoms with Crippen molar-refractivity contribution < 1.29 is 37.9 Å². The molecule has 4 atom stereocenters. The predicted molar refractivity (Wildman–Crippen MR) is 182 cm³/mol. The number of aryl methyl sites for hydroxylation is 1. The van der Waals surface area contributed by atoms with Crippen molar-refractivity contribution in [3.05, 3.63) is 53.9 Å². The Labute approximate surface area is 292 Å². The first-order valence-corrected chi connectivity index (χ1v) is 17.2. The van der Waals surface area contributed by atoms with E-state index < -0.39 is 35.4 Å². The fourth-order valence-electron chi connectivity index (χ4n) is 6.46. The number of nitrogens with one attached hydrogen (secondary N) is 1. The molecule has 13 nitrogen and oxygen atoms in total. The second kappa shape index (κ2) is 14.8. The number of β-amino-alcohol motifs (C(OH)–C–C–N with tert-alkyl or cyclic N) is 1. The number of carbonyl (C=O) groups is 3. The van der Waals surface area contributed by atoms with E-state index in [-0.39, 0.29) is 80.9 Å². The number of hydrogen-bond donors (Lipinski definition) is 2. The summed E-state index contributed by atoms with van der Waals surface area (Å²) in [7, 11) is 1.87. The molecular weight excluding hydrogens is 647 g/mol. The summed E-state index contributed by atoms with van der Waals surface area (Å²) < 4.78 is 34.0. The Hall–Kier alpha value is -4.46. The Morgan fingerprint density at radius 3 is 2.40 bits per heavy atom. The number of alkyl halides is 1. The molecule has 2 N–H and O–H groups in total. The quantitative estimate of drug-likeness (QED) is 0.305. The summed E-state index contributed by atoms with van der Waals surface area (Å²) in [6, 6.07) is 9.98. The number of aliphatic hydroxyl groups excluding tert-OH is 1. The van der Waals surface area contributed by atoms with Gasteiger partial charge in [0.1, 0.15) is 29.8 Å². The zero-order valence-electron chi connectivity index (χ0n) is 29.9. The molecule has 0 aliphatic carbocycles. The van der Waals surface area contributed by atoms with Gasteiger partial charge in [0.2, 0.25) is 11.8 Å². The summed E-state index contributed by atoms with van der Waals surface area (Å²) in [6.45, 7) is 11.0. The van der Waals surface area contributed by atoms with E-state index in [1.54, 1.807) is 31.6 Å². The Morgan fingerprint density at radius 1 is 1.12 bits per heavy atom. The summed E-state index contributed by atoms with van der Waals surface area (Å²) in [6.07, 6.45) is 0.630. The van der Waals surface area contributed by atoms with Gasteiger partial charge >= 0.3 is 6.09 Å². The number of nitrogens with zero attached hydrogens (tertiary/aromatic N) is 5. The van der Waals surface area contributed by atoms with Crippen molar-refractivity contribution in [2.45, 2.75) is 96.2 Å². The molecule has 272 valence electrons. The molecule has 0 spiro atoms. The van der Waals surface area contributed by atoms with Crippen LogP contribution >= 0.6 is 0 Å². The molecule has 3 amide bonds. The van der Waals surface area contributed by atoms with Gasteiger partial charge in [-0.25, -0.2) is 9.18 Å². The normalized spacial score (nSPS) is 20.4. The number of halogens is 1. The lowest BCUT2D eigenvalue weighted by Gasteiger charge is -2.36. The summed E-state index contributed by atoms with van der Waals surface area (Å²) in [5.41, 5.74) is 0.526. The number of rotatable bonds is 10. The highest BCUT2D eigenvalue weighted by Crippen LogP contribution is 2.34. The van der Waals surface area contributed by atoms with Gasteiger partial charge in [-0.1, -0.05) is 38.1 Å². The van der Waals surface area contributed by atoms with Gasteiger partial charge in [-0.2, -0.15) is 5.10 Å². The van der Waals surface area contributed by atoms with Crippen molar-refractivity contribution in [1.29, 1.82) is 0 Å². The highest BCUT2D eigenvalue weighted by Gasteiger charge is 2.44. The molecule has 4 heterocycles. The van der Waals surface area contributed by atoms with Gasteiger partial charge in [-0.3, -0.25) is 14.3 Å². The SMILES string of the molecule is CC(C)[C@H](C(=O)N1C[C@H](O)C[C@H]1C(=O)N[C@@H](C)c1ccc(-c2ccnn2C)cc1)c1cc(OCC2(F)CCN(C(=O)OC(C)(C)C)CC2)no1. The van der Waals surface area contributed by atoms with Crippen LogP contribution in [0.1, 0.15) is 84.1 Å². The number of aromatic nitrogens is 3. The minimum atomic E-state index is -1.68. The standard InChI is InChI=1S/C36H49FN6O7/c1-22(2)31(29-19-30(40-50-29)48-21-36(37)13-16-42(17-14-36)34(47)49-35(4,5)6)33(46)43-20-26(44)18-28(43)32(45)39-23(3)24-8-10-25(11-9-24)27-12-15-38-41(27)7/h8-12,15,19,22-23,26,28,31,44H,13-14,16-18,20-21H2,1-7H3,(H,39,45)/t23-,26+,28-,31-/m0/s1. The molecule has 3 aromatic rings. The van der Waals surface area contributed by atoms with E-state index in [0.717, 1.165) is 16.8 Å². The third-order valence-electron chi connectivity index (χ3n) is 9.29. The van der Waals surface area contributed by atoms with E-state index >= 15 is 4.39 Å². The number of piperidine rings is 1. The van der Waals surface area contributed by atoms with Crippen LogP contribution in [0.5, 0.6) is 5.88 Å². The Bertz CT molecular complexity index is 1640. The smallest absolute Gasteiger partial charge is 0.410 e. The zero-order chi connectivity index (χ0) is 36.4. The third-order valence-corrected chi connectivity index (χ3v) is 9.29. The second-order valence-electron chi connectivity index (χ2n) is 14.8. The predicted octanol–water partition coefficient (Wildman–Crippen LogP) is 4.77. The van der Waals surface area contributed by atoms with E-state index in [1.165, 1.54) is 15.9 Å². The number of ether oxygens (including phenoxy) is 2.